The van der Waals surface area contributed by atoms with Gasteiger partial charge in [0.15, 0.2) is 17.3 Å². The van der Waals surface area contributed by atoms with Crippen LogP contribution in [0.15, 0.2) is 23.3 Å². The third kappa shape index (κ3) is 5.75. The number of amides is 2. The number of hydrogen-bond donors (Lipinski definition) is 2. The molecule has 1 aromatic carbocycles. The highest BCUT2D eigenvalue weighted by Gasteiger charge is 2.13. The number of fused-ring (bicyclic) bond motifs is 1. The molecule has 9 nitrogen and oxygen atoms in total. The summed E-state index contributed by atoms with van der Waals surface area (Å²) in [5.74, 6) is 0.440. The van der Waals surface area contributed by atoms with Gasteiger partial charge in [0.1, 0.15) is 5.69 Å². The zero-order chi connectivity index (χ0) is 20.6. The van der Waals surface area contributed by atoms with E-state index in [0.29, 0.717) is 29.0 Å². The fourth-order valence-electron chi connectivity index (χ4n) is 2.99. The van der Waals surface area contributed by atoms with Crippen molar-refractivity contribution in [1.29, 1.82) is 0 Å². The summed E-state index contributed by atoms with van der Waals surface area (Å²) < 4.78 is 30.8. The number of halogens is 1. The van der Waals surface area contributed by atoms with Crippen LogP contribution in [0.25, 0.3) is 10.9 Å². The first-order valence-corrected chi connectivity index (χ1v) is 9.26. The molecule has 1 fully saturated rings. The minimum Gasteiger partial charge on any atom is -0.493 e. The second kappa shape index (κ2) is 9.99. The van der Waals surface area contributed by atoms with E-state index in [1.165, 1.54) is 13.2 Å². The lowest BCUT2D eigenvalue weighted by molar-refractivity contribution is 0.0357. The highest BCUT2D eigenvalue weighted by molar-refractivity contribution is 5.88. The average Bonchev–Trinajstić information content (AvgIpc) is 2.71. The van der Waals surface area contributed by atoms with Gasteiger partial charge in [0, 0.05) is 31.1 Å². The van der Waals surface area contributed by atoms with Crippen molar-refractivity contribution in [1.82, 2.24) is 15.3 Å². The molecular formula is C19H24FN5O4. The fraction of sp³-hybridized carbons (Fsp3) is 0.421. The Morgan fingerprint density at radius 2 is 2.17 bits per heavy atom. The van der Waals surface area contributed by atoms with Crippen LogP contribution in [0.5, 0.6) is 11.5 Å². The molecule has 0 atom stereocenters. The predicted molar refractivity (Wildman–Crippen MR) is 106 cm³/mol. The molecule has 3 N–H and O–H groups in total. The van der Waals surface area contributed by atoms with E-state index in [9.17, 15) is 9.18 Å². The van der Waals surface area contributed by atoms with Gasteiger partial charge in [-0.2, -0.15) is 5.10 Å². The van der Waals surface area contributed by atoms with E-state index in [4.69, 9.17) is 19.9 Å². The molecule has 0 spiro atoms. The first kappa shape index (κ1) is 20.7. The number of nitrogens with two attached hydrogens (primary N) is 1. The van der Waals surface area contributed by atoms with Crippen LogP contribution in [0.4, 0.5) is 9.18 Å². The monoisotopic (exact) mass is 405 g/mol. The van der Waals surface area contributed by atoms with Crippen LogP contribution in [-0.4, -0.2) is 68.7 Å². The van der Waals surface area contributed by atoms with Crippen molar-refractivity contribution in [2.45, 2.75) is 6.42 Å². The van der Waals surface area contributed by atoms with Gasteiger partial charge in [-0.3, -0.25) is 4.90 Å². The van der Waals surface area contributed by atoms with Crippen LogP contribution in [-0.2, 0) is 4.74 Å². The summed E-state index contributed by atoms with van der Waals surface area (Å²) in [6.45, 7) is 4.84. The zero-order valence-corrected chi connectivity index (χ0v) is 16.2. The Bertz CT molecular complexity index is 887. The number of carbonyl (C=O) groups is 1. The number of ether oxygens (including phenoxy) is 3. The average molecular weight is 405 g/mol. The van der Waals surface area contributed by atoms with Crippen LogP contribution in [0, 0.1) is 5.82 Å². The molecule has 2 aromatic rings. The summed E-state index contributed by atoms with van der Waals surface area (Å²) in [5, 5.41) is 4.10. The molecule has 29 heavy (non-hydrogen) atoms. The lowest BCUT2D eigenvalue weighted by Crippen LogP contribution is -2.37. The minimum atomic E-state index is -0.847. The zero-order valence-electron chi connectivity index (χ0n) is 16.2. The SMILES string of the molecule is COc1cc2cc(F)c(C=NNC(N)=O)nc2cc1OCCCN1CCOCC1. The minimum absolute atomic E-state index is 0.0327. The molecule has 0 unspecified atom stereocenters. The number of hydrogen-bond acceptors (Lipinski definition) is 7. The molecule has 0 aliphatic carbocycles. The number of urea groups is 1. The number of aromatic nitrogens is 1. The Hall–Kier alpha value is -2.98. The number of primary amides is 1. The summed E-state index contributed by atoms with van der Waals surface area (Å²) in [4.78, 5) is 17.2. The van der Waals surface area contributed by atoms with Crippen LogP contribution in [0.1, 0.15) is 12.1 Å². The van der Waals surface area contributed by atoms with E-state index in [-0.39, 0.29) is 5.69 Å². The maximum absolute atomic E-state index is 14.2. The van der Waals surface area contributed by atoms with Crippen molar-refractivity contribution in [3.8, 4) is 11.5 Å². The van der Waals surface area contributed by atoms with Crippen molar-refractivity contribution in [2.24, 2.45) is 10.8 Å². The predicted octanol–water partition coefficient (Wildman–Crippen LogP) is 1.49. The van der Waals surface area contributed by atoms with E-state index in [1.807, 2.05) is 5.43 Å². The van der Waals surface area contributed by atoms with Gasteiger partial charge in [-0.05, 0) is 18.6 Å². The van der Waals surface area contributed by atoms with Gasteiger partial charge in [0.05, 0.1) is 38.7 Å². The molecule has 1 saturated heterocycles. The topological polar surface area (TPSA) is 111 Å². The van der Waals surface area contributed by atoms with Crippen LogP contribution in [0.2, 0.25) is 0 Å². The molecule has 0 radical (unpaired) electrons. The van der Waals surface area contributed by atoms with Crippen molar-refractivity contribution in [3.05, 3.63) is 29.7 Å². The standard InChI is InChI=1S/C19H24FN5O4/c1-27-17-10-13-9-14(20)16(12-22-24-19(21)26)23-15(13)11-18(17)29-6-2-3-25-4-7-28-8-5-25/h9-12H,2-8H2,1H3,(H3,21,24,26). The first-order valence-electron chi connectivity index (χ1n) is 9.26. The van der Waals surface area contributed by atoms with Gasteiger partial charge in [-0.15, -0.1) is 0 Å². The van der Waals surface area contributed by atoms with Gasteiger partial charge in [-0.1, -0.05) is 0 Å². The van der Waals surface area contributed by atoms with Gasteiger partial charge in [-0.25, -0.2) is 19.6 Å². The molecule has 1 aliphatic rings. The van der Waals surface area contributed by atoms with Crippen LogP contribution in [0.3, 0.4) is 0 Å². The third-order valence-electron chi connectivity index (χ3n) is 4.42. The maximum Gasteiger partial charge on any atom is 0.332 e. The van der Waals surface area contributed by atoms with Crippen molar-refractivity contribution in [2.75, 3.05) is 46.6 Å². The molecule has 1 aliphatic heterocycles. The van der Waals surface area contributed by atoms with Gasteiger partial charge in [0.2, 0.25) is 0 Å². The number of benzene rings is 1. The number of hydrazone groups is 1. The summed E-state index contributed by atoms with van der Waals surface area (Å²) in [6.07, 6.45) is 1.95. The van der Waals surface area contributed by atoms with Crippen LogP contribution >= 0.6 is 0 Å². The Labute approximate surface area is 167 Å². The first-order chi connectivity index (χ1) is 14.1. The quantitative estimate of drug-likeness (QED) is 0.391. The van der Waals surface area contributed by atoms with Crippen molar-refractivity contribution < 1.29 is 23.4 Å². The Kier molecular flexibility index (Phi) is 7.14. The maximum atomic E-state index is 14.2. The summed E-state index contributed by atoms with van der Waals surface area (Å²) in [5.41, 5.74) is 7.41. The number of nitrogens with zero attached hydrogens (tertiary/aromatic N) is 3. The van der Waals surface area contributed by atoms with Crippen molar-refractivity contribution in [3.63, 3.8) is 0 Å². The molecule has 0 saturated carbocycles. The van der Waals surface area contributed by atoms with Gasteiger partial charge >= 0.3 is 6.03 Å². The van der Waals surface area contributed by atoms with E-state index in [1.54, 1.807) is 12.1 Å². The summed E-state index contributed by atoms with van der Waals surface area (Å²) >= 11 is 0. The second-order valence-corrected chi connectivity index (χ2v) is 6.44. The molecule has 3 rings (SSSR count). The Morgan fingerprint density at radius 3 is 2.90 bits per heavy atom. The molecule has 156 valence electrons. The van der Waals surface area contributed by atoms with Crippen molar-refractivity contribution >= 4 is 23.1 Å². The van der Waals surface area contributed by atoms with Gasteiger partial charge in [0.25, 0.3) is 0 Å². The molecule has 2 amide bonds. The molecule has 1 aromatic heterocycles. The highest BCUT2D eigenvalue weighted by atomic mass is 19.1. The number of nitrogens with one attached hydrogen (secondary N) is 1. The lowest BCUT2D eigenvalue weighted by atomic mass is 10.1. The number of carbonyl (C=O) groups excluding carboxylic acids is 1. The lowest BCUT2D eigenvalue weighted by Gasteiger charge is -2.26. The molecular weight excluding hydrogens is 381 g/mol. The highest BCUT2D eigenvalue weighted by Crippen LogP contribution is 2.32. The normalized spacial score (nSPS) is 15.0. The summed E-state index contributed by atoms with van der Waals surface area (Å²) in [7, 11) is 1.53. The number of morpholine rings is 1. The number of rotatable bonds is 8. The third-order valence-corrected chi connectivity index (χ3v) is 4.42. The molecule has 10 heteroatoms. The molecule has 2 heterocycles. The van der Waals surface area contributed by atoms with Crippen LogP contribution < -0.4 is 20.6 Å². The molecule has 0 bridgehead atoms. The second-order valence-electron chi connectivity index (χ2n) is 6.44. The fourth-order valence-corrected chi connectivity index (χ4v) is 2.99. The Morgan fingerprint density at radius 1 is 1.38 bits per heavy atom. The van der Waals surface area contributed by atoms with Gasteiger partial charge < -0.3 is 19.9 Å². The number of pyridine rings is 1. The van der Waals surface area contributed by atoms with E-state index < -0.39 is 11.8 Å². The smallest absolute Gasteiger partial charge is 0.332 e. The van der Waals surface area contributed by atoms with E-state index in [2.05, 4.69) is 15.0 Å². The largest absolute Gasteiger partial charge is 0.493 e. The Balaban J connectivity index is 1.71. The van der Waals surface area contributed by atoms with E-state index >= 15 is 0 Å². The number of methoxy groups -OCH3 is 1. The van der Waals surface area contributed by atoms with E-state index in [0.717, 1.165) is 45.5 Å². The summed E-state index contributed by atoms with van der Waals surface area (Å²) in [6, 6.07) is 3.84.